The smallest absolute Gasteiger partial charge is 0.294 e. The Morgan fingerprint density at radius 3 is 2.72 bits per heavy atom. The molecule has 0 aliphatic carbocycles. The van der Waals surface area contributed by atoms with E-state index < -0.39 is 11.0 Å². The van der Waals surface area contributed by atoms with E-state index in [1.54, 1.807) is 0 Å². The molecule has 0 aromatic heterocycles. The number of aliphatic hydroxyl groups is 1. The topological polar surface area (TPSA) is 83.7 Å². The summed E-state index contributed by atoms with van der Waals surface area (Å²) in [6.45, 7) is 0.0522. The fraction of sp³-hybridized carbons (Fsp3) is 0.300. The van der Waals surface area contributed by atoms with Crippen molar-refractivity contribution >= 4 is 51.5 Å². The number of halogens is 2. The standard InChI is InChI=1S/C10H8ClIN2O4/c11-6-2-8(9(14(17)18)3-7(6)12)13-4-5(15)1-10(13)16/h2-3,5,15H,1,4H2. The zero-order chi connectivity index (χ0) is 13.4. The molecule has 8 heteroatoms. The molecule has 1 aromatic carbocycles. The van der Waals surface area contributed by atoms with Gasteiger partial charge in [-0.25, -0.2) is 0 Å². The first kappa shape index (κ1) is 13.5. The molecule has 1 aliphatic rings. The highest BCUT2D eigenvalue weighted by molar-refractivity contribution is 14.1. The van der Waals surface area contributed by atoms with Crippen LogP contribution in [0.4, 0.5) is 11.4 Å². The Bertz CT molecular complexity index is 537. The number of β-amino-alcohol motifs (C(OH)–C–C–N with tert-alkyl or cyclic N) is 1. The first-order chi connectivity index (χ1) is 8.40. The summed E-state index contributed by atoms with van der Waals surface area (Å²) in [5.74, 6) is -0.345. The van der Waals surface area contributed by atoms with Crippen molar-refractivity contribution in [3.8, 4) is 0 Å². The van der Waals surface area contributed by atoms with Crippen LogP contribution in [-0.2, 0) is 4.79 Å². The van der Waals surface area contributed by atoms with Gasteiger partial charge in [0.1, 0.15) is 5.69 Å². The summed E-state index contributed by atoms with van der Waals surface area (Å²) in [5, 5.41) is 20.7. The van der Waals surface area contributed by atoms with Gasteiger partial charge in [0.2, 0.25) is 5.91 Å². The highest BCUT2D eigenvalue weighted by Crippen LogP contribution is 2.36. The maximum absolute atomic E-state index is 11.7. The molecule has 1 atom stereocenters. The first-order valence-electron chi connectivity index (χ1n) is 5.02. The molecule has 1 amide bonds. The summed E-state index contributed by atoms with van der Waals surface area (Å²) in [7, 11) is 0. The molecule has 1 saturated heterocycles. The normalized spacial score (nSPS) is 19.4. The molecule has 1 N–H and O–H groups in total. The molecule has 0 radical (unpaired) electrons. The Labute approximate surface area is 121 Å². The van der Waals surface area contributed by atoms with Gasteiger partial charge in [0.15, 0.2) is 0 Å². The Balaban J connectivity index is 2.52. The lowest BCUT2D eigenvalue weighted by molar-refractivity contribution is -0.384. The van der Waals surface area contributed by atoms with Gasteiger partial charge in [-0.2, -0.15) is 0 Å². The van der Waals surface area contributed by atoms with Gasteiger partial charge in [0.05, 0.1) is 29.0 Å². The van der Waals surface area contributed by atoms with Crippen LogP contribution in [0, 0.1) is 13.7 Å². The maximum atomic E-state index is 11.7. The Morgan fingerprint density at radius 2 is 2.22 bits per heavy atom. The predicted molar refractivity (Wildman–Crippen MR) is 73.8 cm³/mol. The largest absolute Gasteiger partial charge is 0.391 e. The molecule has 18 heavy (non-hydrogen) atoms. The molecule has 1 aromatic rings. The fourth-order valence-electron chi connectivity index (χ4n) is 1.81. The number of rotatable bonds is 2. The maximum Gasteiger partial charge on any atom is 0.294 e. The number of hydrogen-bond donors (Lipinski definition) is 1. The summed E-state index contributed by atoms with van der Waals surface area (Å²) in [4.78, 5) is 23.3. The van der Waals surface area contributed by atoms with Crippen molar-refractivity contribution in [2.45, 2.75) is 12.5 Å². The van der Waals surface area contributed by atoms with Gasteiger partial charge in [-0.15, -0.1) is 0 Å². The minimum absolute atomic E-state index is 0.0270. The number of benzene rings is 1. The lowest BCUT2D eigenvalue weighted by Gasteiger charge is -2.16. The van der Waals surface area contributed by atoms with Gasteiger partial charge >= 0.3 is 0 Å². The summed E-state index contributed by atoms with van der Waals surface area (Å²) >= 11 is 7.81. The van der Waals surface area contributed by atoms with Crippen molar-refractivity contribution in [2.75, 3.05) is 11.4 Å². The van der Waals surface area contributed by atoms with E-state index in [4.69, 9.17) is 11.6 Å². The average molecular weight is 383 g/mol. The molecular formula is C10H8ClIN2O4. The van der Waals surface area contributed by atoms with Crippen LogP contribution < -0.4 is 4.90 Å². The van der Waals surface area contributed by atoms with Gasteiger partial charge in [-0.3, -0.25) is 14.9 Å². The lowest BCUT2D eigenvalue weighted by Crippen LogP contribution is -2.26. The van der Waals surface area contributed by atoms with Gasteiger partial charge in [-0.1, -0.05) is 11.6 Å². The number of anilines is 1. The zero-order valence-corrected chi connectivity index (χ0v) is 11.9. The van der Waals surface area contributed by atoms with Crippen LogP contribution >= 0.6 is 34.2 Å². The van der Waals surface area contributed by atoms with E-state index >= 15 is 0 Å². The summed E-state index contributed by atoms with van der Waals surface area (Å²) in [5.41, 5.74) is -0.0572. The summed E-state index contributed by atoms with van der Waals surface area (Å²) < 4.78 is 0.539. The third-order valence-corrected chi connectivity index (χ3v) is 4.13. The minimum atomic E-state index is -0.796. The Kier molecular flexibility index (Phi) is 3.74. The van der Waals surface area contributed by atoms with E-state index in [1.165, 1.54) is 17.0 Å². The van der Waals surface area contributed by atoms with E-state index in [9.17, 15) is 20.0 Å². The van der Waals surface area contributed by atoms with Crippen molar-refractivity contribution < 1.29 is 14.8 Å². The van der Waals surface area contributed by atoms with E-state index in [-0.39, 0.29) is 30.2 Å². The average Bonchev–Trinajstić information content (AvgIpc) is 2.61. The van der Waals surface area contributed by atoms with Gasteiger partial charge in [0.25, 0.3) is 5.69 Å². The number of amides is 1. The SMILES string of the molecule is O=C1CC(O)CN1c1cc(Cl)c(I)cc1[N+](=O)[O-]. The van der Waals surface area contributed by atoms with Gasteiger partial charge < -0.3 is 10.0 Å². The summed E-state index contributed by atoms with van der Waals surface area (Å²) in [6.07, 6.45) is -0.823. The number of nitro benzene ring substituents is 1. The number of nitro groups is 1. The molecule has 1 heterocycles. The van der Waals surface area contributed by atoms with Gasteiger partial charge in [-0.05, 0) is 28.7 Å². The summed E-state index contributed by atoms with van der Waals surface area (Å²) in [6, 6.07) is 2.70. The van der Waals surface area contributed by atoms with Crippen molar-refractivity contribution in [2.24, 2.45) is 0 Å². The monoisotopic (exact) mass is 382 g/mol. The van der Waals surface area contributed by atoms with Crippen molar-refractivity contribution in [1.29, 1.82) is 0 Å². The Hall–Kier alpha value is -0.930. The number of carbonyl (C=O) groups excluding carboxylic acids is 1. The molecular weight excluding hydrogens is 374 g/mol. The van der Waals surface area contributed by atoms with E-state index in [0.717, 1.165) is 0 Å². The molecule has 1 aliphatic heterocycles. The van der Waals surface area contributed by atoms with Crippen molar-refractivity contribution in [3.05, 3.63) is 30.8 Å². The zero-order valence-electron chi connectivity index (χ0n) is 8.97. The molecule has 0 spiro atoms. The molecule has 0 saturated carbocycles. The van der Waals surface area contributed by atoms with E-state index in [2.05, 4.69) is 0 Å². The highest BCUT2D eigenvalue weighted by atomic mass is 127. The van der Waals surface area contributed by atoms with Crippen LogP contribution in [0.1, 0.15) is 6.42 Å². The molecule has 2 rings (SSSR count). The molecule has 1 fully saturated rings. The predicted octanol–water partition coefficient (Wildman–Crippen LogP) is 1.95. The van der Waals surface area contributed by atoms with Crippen LogP contribution in [0.3, 0.4) is 0 Å². The van der Waals surface area contributed by atoms with Crippen LogP contribution in [-0.4, -0.2) is 28.6 Å². The van der Waals surface area contributed by atoms with E-state index in [0.29, 0.717) is 8.59 Å². The number of nitrogens with zero attached hydrogens (tertiary/aromatic N) is 2. The van der Waals surface area contributed by atoms with Crippen molar-refractivity contribution in [3.63, 3.8) is 0 Å². The Morgan fingerprint density at radius 1 is 1.56 bits per heavy atom. The molecule has 0 bridgehead atoms. The number of carbonyl (C=O) groups is 1. The minimum Gasteiger partial charge on any atom is -0.391 e. The number of aliphatic hydroxyl groups excluding tert-OH is 1. The lowest BCUT2D eigenvalue weighted by atomic mass is 10.2. The first-order valence-corrected chi connectivity index (χ1v) is 6.47. The quantitative estimate of drug-likeness (QED) is 0.481. The molecule has 1 unspecified atom stereocenters. The second-order valence-electron chi connectivity index (χ2n) is 3.87. The van der Waals surface area contributed by atoms with Crippen LogP contribution in [0.5, 0.6) is 0 Å². The van der Waals surface area contributed by atoms with Gasteiger partial charge in [0, 0.05) is 9.64 Å². The second-order valence-corrected chi connectivity index (χ2v) is 5.44. The molecule has 6 nitrogen and oxygen atoms in total. The number of hydrogen-bond acceptors (Lipinski definition) is 4. The fourth-order valence-corrected chi connectivity index (χ4v) is 2.42. The van der Waals surface area contributed by atoms with E-state index in [1.807, 2.05) is 22.6 Å². The second kappa shape index (κ2) is 4.98. The van der Waals surface area contributed by atoms with Crippen LogP contribution in [0.25, 0.3) is 0 Å². The van der Waals surface area contributed by atoms with Crippen LogP contribution in [0.15, 0.2) is 12.1 Å². The molecule has 96 valence electrons. The third kappa shape index (κ3) is 2.43. The highest BCUT2D eigenvalue weighted by Gasteiger charge is 2.33. The third-order valence-electron chi connectivity index (χ3n) is 2.61. The van der Waals surface area contributed by atoms with Crippen LogP contribution in [0.2, 0.25) is 5.02 Å². The van der Waals surface area contributed by atoms with Crippen molar-refractivity contribution in [1.82, 2.24) is 0 Å².